The molecule has 0 radical (unpaired) electrons. The molecule has 4 nitrogen and oxygen atoms in total. The van der Waals surface area contributed by atoms with Crippen molar-refractivity contribution in [1.29, 1.82) is 0 Å². The Morgan fingerprint density at radius 2 is 2.00 bits per heavy atom. The summed E-state index contributed by atoms with van der Waals surface area (Å²) in [6.07, 6.45) is 7.48. The first-order chi connectivity index (χ1) is 9.13. The summed E-state index contributed by atoms with van der Waals surface area (Å²) in [4.78, 5) is 8.07. The molecule has 2 N–H and O–H groups in total. The second kappa shape index (κ2) is 6.17. The summed E-state index contributed by atoms with van der Waals surface area (Å²) in [6, 6.07) is 0. The number of rotatable bonds is 5. The second-order valence-corrected chi connectivity index (χ2v) is 5.65. The average Bonchev–Trinajstić information content (AvgIpc) is 2.41. The highest BCUT2D eigenvalue weighted by Gasteiger charge is 2.26. The van der Waals surface area contributed by atoms with Crippen LogP contribution in [0.1, 0.15) is 46.0 Å². The van der Waals surface area contributed by atoms with E-state index >= 15 is 0 Å². The predicted octanol–water partition coefficient (Wildman–Crippen LogP) is 3.43. The van der Waals surface area contributed by atoms with Crippen LogP contribution in [0.4, 0.5) is 16.2 Å². The number of anilines is 2. The Morgan fingerprint density at radius 3 is 2.68 bits per heavy atom. The largest absolute Gasteiger partial charge is 0.367 e. The van der Waals surface area contributed by atoms with Crippen LogP contribution >= 0.6 is 0 Å². The molecule has 1 aromatic rings. The van der Waals surface area contributed by atoms with Gasteiger partial charge in [0.05, 0.1) is 6.20 Å². The summed E-state index contributed by atoms with van der Waals surface area (Å²) < 4.78 is 13.7. The summed E-state index contributed by atoms with van der Waals surface area (Å²) in [5, 5.41) is 6.15. The molecule has 0 atom stereocenters. The Labute approximate surface area is 114 Å². The van der Waals surface area contributed by atoms with Gasteiger partial charge in [-0.3, -0.25) is 0 Å². The summed E-state index contributed by atoms with van der Waals surface area (Å²) in [6.45, 7) is 5.72. The van der Waals surface area contributed by atoms with E-state index in [4.69, 9.17) is 0 Å². The fraction of sp³-hybridized carbons (Fsp3) is 0.714. The Morgan fingerprint density at radius 1 is 1.26 bits per heavy atom. The molecule has 0 aliphatic heterocycles. The third-order valence-electron chi connectivity index (χ3n) is 3.82. The van der Waals surface area contributed by atoms with Crippen LogP contribution in [0.5, 0.6) is 0 Å². The molecule has 1 aliphatic carbocycles. The minimum absolute atomic E-state index is 0.258. The molecule has 1 aliphatic rings. The molecule has 0 aromatic carbocycles. The fourth-order valence-corrected chi connectivity index (χ4v) is 2.61. The van der Waals surface area contributed by atoms with E-state index in [1.807, 2.05) is 6.92 Å². The van der Waals surface area contributed by atoms with Crippen LogP contribution in [0.15, 0.2) is 6.20 Å². The average molecular weight is 266 g/mol. The molecular weight excluding hydrogens is 243 g/mol. The lowest BCUT2D eigenvalue weighted by molar-refractivity contribution is 0.233. The van der Waals surface area contributed by atoms with Crippen LogP contribution in [0.25, 0.3) is 0 Å². The monoisotopic (exact) mass is 266 g/mol. The zero-order chi connectivity index (χ0) is 13.7. The van der Waals surface area contributed by atoms with E-state index in [-0.39, 0.29) is 11.2 Å². The van der Waals surface area contributed by atoms with E-state index in [2.05, 4.69) is 27.5 Å². The molecule has 1 aromatic heterocycles. The van der Waals surface area contributed by atoms with Crippen molar-refractivity contribution >= 4 is 11.8 Å². The Kier molecular flexibility index (Phi) is 4.56. The van der Waals surface area contributed by atoms with Crippen molar-refractivity contribution in [2.24, 2.45) is 5.41 Å². The van der Waals surface area contributed by atoms with E-state index in [0.717, 1.165) is 13.1 Å². The predicted molar refractivity (Wildman–Crippen MR) is 75.8 cm³/mol. The molecule has 2 rings (SSSR count). The maximum absolute atomic E-state index is 13.7. The highest BCUT2D eigenvalue weighted by molar-refractivity contribution is 5.41. The quantitative estimate of drug-likeness (QED) is 0.857. The lowest BCUT2D eigenvalue weighted by atomic mass is 9.76. The van der Waals surface area contributed by atoms with Crippen molar-refractivity contribution in [2.45, 2.75) is 46.0 Å². The molecular formula is C14H23FN4. The van der Waals surface area contributed by atoms with E-state index in [1.165, 1.54) is 38.3 Å². The number of nitrogens with one attached hydrogen (secondary N) is 2. The molecule has 0 bridgehead atoms. The van der Waals surface area contributed by atoms with Gasteiger partial charge in [0, 0.05) is 13.1 Å². The van der Waals surface area contributed by atoms with E-state index in [0.29, 0.717) is 11.8 Å². The van der Waals surface area contributed by atoms with Gasteiger partial charge >= 0.3 is 0 Å². The number of hydrogen-bond acceptors (Lipinski definition) is 4. The molecule has 5 heteroatoms. The number of halogens is 1. The van der Waals surface area contributed by atoms with Gasteiger partial charge in [-0.1, -0.05) is 26.2 Å². The third-order valence-corrected chi connectivity index (χ3v) is 3.82. The summed E-state index contributed by atoms with van der Waals surface area (Å²) in [7, 11) is 0. The first-order valence-electron chi connectivity index (χ1n) is 7.13. The fourth-order valence-electron chi connectivity index (χ4n) is 2.61. The zero-order valence-corrected chi connectivity index (χ0v) is 11.8. The van der Waals surface area contributed by atoms with Crippen molar-refractivity contribution in [2.75, 3.05) is 23.7 Å². The van der Waals surface area contributed by atoms with Crippen molar-refractivity contribution in [3.8, 4) is 0 Å². The third kappa shape index (κ3) is 3.78. The minimum Gasteiger partial charge on any atom is -0.367 e. The molecule has 19 heavy (non-hydrogen) atoms. The van der Waals surface area contributed by atoms with Gasteiger partial charge in [-0.15, -0.1) is 0 Å². The van der Waals surface area contributed by atoms with Gasteiger partial charge < -0.3 is 10.6 Å². The summed E-state index contributed by atoms with van der Waals surface area (Å²) in [5.41, 5.74) is 0.258. The Hall–Kier alpha value is -1.39. The van der Waals surface area contributed by atoms with Crippen LogP contribution in [-0.2, 0) is 0 Å². The van der Waals surface area contributed by atoms with Crippen molar-refractivity contribution in [3.63, 3.8) is 0 Å². The van der Waals surface area contributed by atoms with Gasteiger partial charge in [0.25, 0.3) is 0 Å². The minimum atomic E-state index is -0.388. The molecule has 106 valence electrons. The molecule has 0 amide bonds. The summed E-state index contributed by atoms with van der Waals surface area (Å²) in [5.74, 6) is 0.388. The normalized spacial score (nSPS) is 18.1. The smallest absolute Gasteiger partial charge is 0.224 e. The molecule has 0 unspecified atom stereocenters. The van der Waals surface area contributed by atoms with Crippen LogP contribution < -0.4 is 10.6 Å². The molecule has 1 fully saturated rings. The molecule has 1 saturated carbocycles. The maximum Gasteiger partial charge on any atom is 0.224 e. The topological polar surface area (TPSA) is 49.8 Å². The van der Waals surface area contributed by atoms with Crippen LogP contribution in [0, 0.1) is 11.2 Å². The van der Waals surface area contributed by atoms with E-state index in [1.54, 1.807) is 0 Å². The van der Waals surface area contributed by atoms with Crippen molar-refractivity contribution in [1.82, 2.24) is 9.97 Å². The van der Waals surface area contributed by atoms with Crippen LogP contribution in [0.2, 0.25) is 0 Å². The second-order valence-electron chi connectivity index (χ2n) is 5.65. The highest BCUT2D eigenvalue weighted by Crippen LogP contribution is 2.35. The lowest BCUT2D eigenvalue weighted by Crippen LogP contribution is -2.29. The van der Waals surface area contributed by atoms with Crippen LogP contribution in [0.3, 0.4) is 0 Å². The zero-order valence-electron chi connectivity index (χ0n) is 11.8. The van der Waals surface area contributed by atoms with Gasteiger partial charge in [0.1, 0.15) is 0 Å². The van der Waals surface area contributed by atoms with Gasteiger partial charge in [0.2, 0.25) is 5.95 Å². The standard InChI is InChI=1S/C14H23FN4/c1-3-16-13-17-9-11(15)12(19-13)18-10-14(2)7-5-4-6-8-14/h9H,3-8,10H2,1-2H3,(H2,16,17,18,19). The van der Waals surface area contributed by atoms with Gasteiger partial charge in [-0.2, -0.15) is 4.98 Å². The van der Waals surface area contributed by atoms with E-state index in [9.17, 15) is 4.39 Å². The molecule has 0 saturated heterocycles. The number of hydrogen-bond donors (Lipinski definition) is 2. The van der Waals surface area contributed by atoms with Gasteiger partial charge in [-0.05, 0) is 25.2 Å². The van der Waals surface area contributed by atoms with Gasteiger partial charge in [0.15, 0.2) is 11.6 Å². The first kappa shape index (κ1) is 14.0. The number of aromatic nitrogens is 2. The SMILES string of the molecule is CCNc1ncc(F)c(NCC2(C)CCCCC2)n1. The number of nitrogens with zero attached hydrogens (tertiary/aromatic N) is 2. The van der Waals surface area contributed by atoms with Gasteiger partial charge in [-0.25, -0.2) is 9.37 Å². The molecule has 0 spiro atoms. The molecule has 1 heterocycles. The Bertz CT molecular complexity index is 416. The summed E-state index contributed by atoms with van der Waals surface area (Å²) >= 11 is 0. The Balaban J connectivity index is 1.99. The van der Waals surface area contributed by atoms with Crippen LogP contribution in [-0.4, -0.2) is 23.1 Å². The maximum atomic E-state index is 13.7. The van der Waals surface area contributed by atoms with E-state index < -0.39 is 0 Å². The lowest BCUT2D eigenvalue weighted by Gasteiger charge is -2.33. The first-order valence-corrected chi connectivity index (χ1v) is 7.13. The van der Waals surface area contributed by atoms with Crippen molar-refractivity contribution in [3.05, 3.63) is 12.0 Å². The highest BCUT2D eigenvalue weighted by atomic mass is 19.1. The van der Waals surface area contributed by atoms with Crippen molar-refractivity contribution < 1.29 is 4.39 Å².